The molecule has 0 radical (unpaired) electrons. The topological polar surface area (TPSA) is 51.2 Å². The van der Waals surface area contributed by atoms with E-state index in [1.807, 2.05) is 29.6 Å². The number of aromatic nitrogens is 1. The number of alkyl halides is 1. The van der Waals surface area contributed by atoms with Crippen LogP contribution >= 0.6 is 22.9 Å². The van der Waals surface area contributed by atoms with E-state index in [2.05, 4.69) is 10.3 Å². The number of nitrogens with zero attached hydrogens (tertiary/aromatic N) is 1. The molecule has 1 N–H and O–H groups in total. The van der Waals surface area contributed by atoms with Crippen LogP contribution in [0.1, 0.15) is 12.6 Å². The smallest absolute Gasteiger partial charge is 0.253 e. The number of para-hydroxylation sites is 1. The summed E-state index contributed by atoms with van der Waals surface area (Å²) in [5.41, 5.74) is 2.43. The van der Waals surface area contributed by atoms with Gasteiger partial charge in [-0.05, 0) is 19.1 Å². The molecule has 1 aromatic carbocycles. The lowest BCUT2D eigenvalue weighted by Crippen LogP contribution is -2.26. The maximum absolute atomic E-state index is 11.9. The van der Waals surface area contributed by atoms with Crippen LogP contribution in [0.25, 0.3) is 10.6 Å². The van der Waals surface area contributed by atoms with Gasteiger partial charge in [-0.2, -0.15) is 0 Å². The first-order chi connectivity index (χ1) is 9.65. The molecule has 6 heteroatoms. The third kappa shape index (κ3) is 3.36. The maximum Gasteiger partial charge on any atom is 0.253 e. The van der Waals surface area contributed by atoms with Crippen molar-refractivity contribution in [2.45, 2.75) is 18.9 Å². The molecule has 1 amide bonds. The van der Waals surface area contributed by atoms with Gasteiger partial charge in [-0.25, -0.2) is 4.98 Å². The second-order valence-corrected chi connectivity index (χ2v) is 5.32. The molecule has 1 aromatic heterocycles. The van der Waals surface area contributed by atoms with Gasteiger partial charge >= 0.3 is 0 Å². The fourth-order valence-corrected chi connectivity index (χ4v) is 2.70. The van der Waals surface area contributed by atoms with Crippen molar-refractivity contribution in [1.82, 2.24) is 4.98 Å². The molecule has 0 fully saturated rings. The SMILES string of the molecule is COC(C)C(=O)Nc1ccccc1-c1nc(CCl)cs1. The minimum atomic E-state index is -0.502. The lowest BCUT2D eigenvalue weighted by atomic mass is 10.2. The Kier molecular flexibility index (Phi) is 5.11. The van der Waals surface area contributed by atoms with Crippen molar-refractivity contribution in [3.63, 3.8) is 0 Å². The summed E-state index contributed by atoms with van der Waals surface area (Å²) in [5.74, 6) is 0.195. The molecule has 1 unspecified atom stereocenters. The molecule has 20 heavy (non-hydrogen) atoms. The molecule has 1 heterocycles. The van der Waals surface area contributed by atoms with E-state index in [1.54, 1.807) is 6.92 Å². The van der Waals surface area contributed by atoms with Gasteiger partial charge in [0.1, 0.15) is 11.1 Å². The van der Waals surface area contributed by atoms with Gasteiger partial charge in [-0.1, -0.05) is 12.1 Å². The molecule has 0 aliphatic rings. The number of hydrogen-bond acceptors (Lipinski definition) is 4. The summed E-state index contributed by atoms with van der Waals surface area (Å²) >= 11 is 7.27. The first kappa shape index (κ1) is 15.0. The molecule has 4 nitrogen and oxygen atoms in total. The first-order valence-electron chi connectivity index (χ1n) is 6.09. The van der Waals surface area contributed by atoms with Crippen molar-refractivity contribution in [2.24, 2.45) is 0 Å². The quantitative estimate of drug-likeness (QED) is 0.860. The van der Waals surface area contributed by atoms with Crippen molar-refractivity contribution >= 4 is 34.5 Å². The maximum atomic E-state index is 11.9. The average Bonchev–Trinajstić information content (AvgIpc) is 2.95. The summed E-state index contributed by atoms with van der Waals surface area (Å²) in [6.45, 7) is 1.70. The molecular formula is C14H15ClN2O2S. The van der Waals surface area contributed by atoms with Crippen LogP contribution in [0.15, 0.2) is 29.6 Å². The van der Waals surface area contributed by atoms with E-state index in [0.717, 1.165) is 22.0 Å². The largest absolute Gasteiger partial charge is 0.372 e. The molecular weight excluding hydrogens is 296 g/mol. The summed E-state index contributed by atoms with van der Waals surface area (Å²) < 4.78 is 5.01. The van der Waals surface area contributed by atoms with Crippen LogP contribution in [0.4, 0.5) is 5.69 Å². The Morgan fingerprint density at radius 1 is 1.50 bits per heavy atom. The second kappa shape index (κ2) is 6.83. The predicted octanol–water partition coefficient (Wildman–Crippen LogP) is 3.52. The third-order valence-corrected chi connectivity index (χ3v) is 4.02. The fourth-order valence-electron chi connectivity index (χ4n) is 1.61. The molecule has 2 aromatic rings. The summed E-state index contributed by atoms with van der Waals surface area (Å²) in [7, 11) is 1.50. The zero-order valence-corrected chi connectivity index (χ0v) is 12.8. The lowest BCUT2D eigenvalue weighted by Gasteiger charge is -2.12. The zero-order valence-electron chi connectivity index (χ0n) is 11.2. The van der Waals surface area contributed by atoms with Gasteiger partial charge in [-0.3, -0.25) is 4.79 Å². The number of halogens is 1. The first-order valence-corrected chi connectivity index (χ1v) is 7.50. The van der Waals surface area contributed by atoms with Crippen LogP contribution in [-0.4, -0.2) is 24.1 Å². The van der Waals surface area contributed by atoms with Crippen molar-refractivity contribution in [3.05, 3.63) is 35.3 Å². The Balaban J connectivity index is 2.28. The highest BCUT2D eigenvalue weighted by atomic mass is 35.5. The normalized spacial score (nSPS) is 12.2. The number of carbonyl (C=O) groups is 1. The van der Waals surface area contributed by atoms with Gasteiger partial charge in [0, 0.05) is 18.1 Å². The van der Waals surface area contributed by atoms with Gasteiger partial charge in [0.25, 0.3) is 5.91 Å². The number of hydrogen-bond donors (Lipinski definition) is 1. The predicted molar refractivity (Wildman–Crippen MR) is 82.2 cm³/mol. The highest BCUT2D eigenvalue weighted by Crippen LogP contribution is 2.30. The highest BCUT2D eigenvalue weighted by Gasteiger charge is 2.15. The summed E-state index contributed by atoms with van der Waals surface area (Å²) in [5, 5.41) is 5.61. The number of anilines is 1. The average molecular weight is 311 g/mol. The van der Waals surface area contributed by atoms with E-state index in [9.17, 15) is 4.79 Å². The third-order valence-electron chi connectivity index (χ3n) is 2.83. The number of methoxy groups -OCH3 is 1. The number of carbonyl (C=O) groups excluding carboxylic acids is 1. The molecule has 106 valence electrons. The monoisotopic (exact) mass is 310 g/mol. The number of amides is 1. The van der Waals surface area contributed by atoms with Crippen LogP contribution in [0.3, 0.4) is 0 Å². The number of rotatable bonds is 5. The van der Waals surface area contributed by atoms with Gasteiger partial charge in [0.15, 0.2) is 0 Å². The lowest BCUT2D eigenvalue weighted by molar-refractivity contribution is -0.124. The van der Waals surface area contributed by atoms with Crippen LogP contribution < -0.4 is 5.32 Å². The van der Waals surface area contributed by atoms with E-state index in [1.165, 1.54) is 18.4 Å². The summed E-state index contributed by atoms with van der Waals surface area (Å²) in [6, 6.07) is 7.54. The molecule has 0 saturated carbocycles. The Labute approximate surface area is 126 Å². The van der Waals surface area contributed by atoms with Gasteiger partial charge in [0.05, 0.1) is 17.3 Å². The van der Waals surface area contributed by atoms with E-state index >= 15 is 0 Å². The van der Waals surface area contributed by atoms with Crippen LogP contribution in [-0.2, 0) is 15.4 Å². The zero-order chi connectivity index (χ0) is 14.5. The summed E-state index contributed by atoms with van der Waals surface area (Å²) in [6.07, 6.45) is -0.502. The van der Waals surface area contributed by atoms with Crippen molar-refractivity contribution < 1.29 is 9.53 Å². The molecule has 0 bridgehead atoms. The van der Waals surface area contributed by atoms with Gasteiger partial charge in [-0.15, -0.1) is 22.9 Å². The Morgan fingerprint density at radius 3 is 2.90 bits per heavy atom. The molecule has 0 aliphatic heterocycles. The number of benzene rings is 1. The molecule has 0 spiro atoms. The highest BCUT2D eigenvalue weighted by molar-refractivity contribution is 7.13. The van der Waals surface area contributed by atoms with Crippen LogP contribution in [0.5, 0.6) is 0 Å². The van der Waals surface area contributed by atoms with E-state index in [4.69, 9.17) is 16.3 Å². The number of ether oxygens (including phenoxy) is 1. The van der Waals surface area contributed by atoms with E-state index in [0.29, 0.717) is 5.88 Å². The Bertz CT molecular complexity index is 600. The van der Waals surface area contributed by atoms with Crippen LogP contribution in [0, 0.1) is 0 Å². The minimum absolute atomic E-state index is 0.186. The molecule has 0 saturated heterocycles. The van der Waals surface area contributed by atoms with Gasteiger partial charge in [0.2, 0.25) is 0 Å². The molecule has 1 atom stereocenters. The molecule has 2 rings (SSSR count). The second-order valence-electron chi connectivity index (χ2n) is 4.19. The van der Waals surface area contributed by atoms with Crippen LogP contribution in [0.2, 0.25) is 0 Å². The van der Waals surface area contributed by atoms with E-state index in [-0.39, 0.29) is 5.91 Å². The Morgan fingerprint density at radius 2 is 2.25 bits per heavy atom. The number of thiazole rings is 1. The van der Waals surface area contributed by atoms with Gasteiger partial charge < -0.3 is 10.1 Å². The minimum Gasteiger partial charge on any atom is -0.372 e. The van der Waals surface area contributed by atoms with Crippen molar-refractivity contribution in [3.8, 4) is 10.6 Å². The Hall–Kier alpha value is -1.43. The standard InChI is InChI=1S/C14H15ClN2O2S/c1-9(19-2)13(18)17-12-6-4-3-5-11(12)14-16-10(7-15)8-20-14/h3-6,8-9H,7H2,1-2H3,(H,17,18). The van der Waals surface area contributed by atoms with E-state index < -0.39 is 6.10 Å². The van der Waals surface area contributed by atoms with Crippen molar-refractivity contribution in [1.29, 1.82) is 0 Å². The number of nitrogens with one attached hydrogen (secondary N) is 1. The molecule has 0 aliphatic carbocycles. The van der Waals surface area contributed by atoms with Crippen molar-refractivity contribution in [2.75, 3.05) is 12.4 Å². The summed E-state index contributed by atoms with van der Waals surface area (Å²) in [4.78, 5) is 16.4. The fraction of sp³-hybridized carbons (Fsp3) is 0.286.